The maximum Gasteiger partial charge on any atom is 0.126 e. The molecule has 172 valence electrons. The largest absolute Gasteiger partial charge is 0.379 e. The lowest BCUT2D eigenvalue weighted by molar-refractivity contribution is -0.0402. The topological polar surface area (TPSA) is 60.4 Å². The molecule has 3 aromatic heterocycles. The Morgan fingerprint density at radius 1 is 1.19 bits per heavy atom. The van der Waals surface area contributed by atoms with E-state index in [0.29, 0.717) is 12.5 Å². The number of rotatable bonds is 6. The Morgan fingerprint density at radius 2 is 2.00 bits per heavy atom. The van der Waals surface area contributed by atoms with Crippen LogP contribution in [0.25, 0.3) is 20.4 Å². The van der Waals surface area contributed by atoms with Crippen molar-refractivity contribution in [3.8, 4) is 0 Å². The molecule has 5 heterocycles. The van der Waals surface area contributed by atoms with Crippen LogP contribution in [0.4, 0.5) is 0 Å². The van der Waals surface area contributed by atoms with Crippen molar-refractivity contribution in [2.45, 2.75) is 57.8 Å². The maximum absolute atomic E-state index is 6.20. The molecule has 0 radical (unpaired) electrons. The first-order valence-corrected chi connectivity index (χ1v) is 13.4. The highest BCUT2D eigenvalue weighted by molar-refractivity contribution is 7.99. The third-order valence-electron chi connectivity index (χ3n) is 6.23. The van der Waals surface area contributed by atoms with Gasteiger partial charge in [-0.2, -0.15) is 0 Å². The Bertz CT molecular complexity index is 1120. The molecule has 0 spiro atoms. The van der Waals surface area contributed by atoms with Crippen molar-refractivity contribution in [1.29, 1.82) is 0 Å². The average Bonchev–Trinajstić information content (AvgIpc) is 3.13. The normalized spacial score (nSPS) is 19.2. The van der Waals surface area contributed by atoms with Crippen molar-refractivity contribution >= 4 is 43.5 Å². The van der Waals surface area contributed by atoms with Gasteiger partial charge in [-0.1, -0.05) is 13.8 Å². The van der Waals surface area contributed by atoms with Gasteiger partial charge in [0.1, 0.15) is 16.2 Å². The molecule has 2 aliphatic heterocycles. The van der Waals surface area contributed by atoms with Crippen molar-refractivity contribution < 1.29 is 9.47 Å². The van der Waals surface area contributed by atoms with Gasteiger partial charge in [-0.15, -0.1) is 23.1 Å². The summed E-state index contributed by atoms with van der Waals surface area (Å²) < 4.78 is 12.8. The molecule has 0 N–H and O–H groups in total. The van der Waals surface area contributed by atoms with Gasteiger partial charge in [-0.3, -0.25) is 4.90 Å². The van der Waals surface area contributed by atoms with E-state index >= 15 is 0 Å². The molecule has 1 fully saturated rings. The van der Waals surface area contributed by atoms with Gasteiger partial charge < -0.3 is 9.47 Å². The van der Waals surface area contributed by atoms with Crippen LogP contribution in [0.3, 0.4) is 0 Å². The van der Waals surface area contributed by atoms with Gasteiger partial charge in [0.25, 0.3) is 0 Å². The van der Waals surface area contributed by atoms with E-state index in [1.165, 1.54) is 26.9 Å². The van der Waals surface area contributed by atoms with E-state index in [4.69, 9.17) is 19.4 Å². The second kappa shape index (κ2) is 9.14. The number of hydrogen-bond acceptors (Lipinski definition) is 8. The maximum atomic E-state index is 6.20. The summed E-state index contributed by atoms with van der Waals surface area (Å²) in [6, 6.07) is 0. The van der Waals surface area contributed by atoms with Gasteiger partial charge in [0.05, 0.1) is 35.6 Å². The molecule has 5 rings (SSSR count). The standard InChI is InChI=1S/C24H32N4O2S2/c1-15(2)11-18-17-13-30-24(3,4)12-16(17)19-20-21(32-22(19)27-18)23(26-14-25-20)31-10-7-28-5-8-29-9-6-28/h14-15H,5-13H2,1-4H3. The van der Waals surface area contributed by atoms with Gasteiger partial charge in [0.2, 0.25) is 0 Å². The van der Waals surface area contributed by atoms with Crippen LogP contribution in [0, 0.1) is 5.92 Å². The molecule has 2 aliphatic rings. The monoisotopic (exact) mass is 472 g/mol. The van der Waals surface area contributed by atoms with Crippen LogP contribution in [0.15, 0.2) is 11.4 Å². The lowest BCUT2D eigenvalue weighted by Gasteiger charge is -2.33. The molecule has 0 bridgehead atoms. The minimum absolute atomic E-state index is 0.173. The molecule has 0 saturated carbocycles. The molecule has 3 aromatic rings. The number of hydrogen-bond donors (Lipinski definition) is 0. The van der Waals surface area contributed by atoms with Crippen molar-refractivity contribution in [2.75, 3.05) is 38.6 Å². The highest BCUT2D eigenvalue weighted by Crippen LogP contribution is 2.42. The van der Waals surface area contributed by atoms with Crippen molar-refractivity contribution in [3.05, 3.63) is 23.1 Å². The van der Waals surface area contributed by atoms with Crippen LogP contribution in [0.2, 0.25) is 0 Å². The summed E-state index contributed by atoms with van der Waals surface area (Å²) in [6.45, 7) is 14.3. The van der Waals surface area contributed by atoms with E-state index < -0.39 is 0 Å². The molecule has 0 amide bonds. The Hall–Kier alpha value is -1.32. The second-order valence-corrected chi connectivity index (χ2v) is 11.9. The molecule has 6 nitrogen and oxygen atoms in total. The fourth-order valence-electron chi connectivity index (χ4n) is 4.61. The summed E-state index contributed by atoms with van der Waals surface area (Å²) in [4.78, 5) is 18.1. The number of aromatic nitrogens is 3. The number of fused-ring (bicyclic) bond motifs is 5. The van der Waals surface area contributed by atoms with Gasteiger partial charge >= 0.3 is 0 Å². The molecule has 0 aromatic carbocycles. The molecular weight excluding hydrogens is 440 g/mol. The van der Waals surface area contributed by atoms with E-state index in [1.54, 1.807) is 17.7 Å². The number of pyridine rings is 1. The van der Waals surface area contributed by atoms with Crippen LogP contribution >= 0.6 is 23.1 Å². The molecule has 0 unspecified atom stereocenters. The number of thioether (sulfide) groups is 1. The first-order chi connectivity index (χ1) is 15.4. The van der Waals surface area contributed by atoms with E-state index in [2.05, 4.69) is 37.6 Å². The molecule has 0 atom stereocenters. The summed E-state index contributed by atoms with van der Waals surface area (Å²) in [5.41, 5.74) is 4.75. The van der Waals surface area contributed by atoms with E-state index in [-0.39, 0.29) is 5.60 Å². The van der Waals surface area contributed by atoms with E-state index in [1.807, 2.05) is 11.8 Å². The summed E-state index contributed by atoms with van der Waals surface area (Å²) in [7, 11) is 0. The number of ether oxygens (including phenoxy) is 2. The number of thiophene rings is 1. The predicted octanol–water partition coefficient (Wildman–Crippen LogP) is 4.71. The fraction of sp³-hybridized carbons (Fsp3) is 0.625. The Labute approximate surface area is 198 Å². The molecule has 1 saturated heterocycles. The molecule has 8 heteroatoms. The van der Waals surface area contributed by atoms with Crippen molar-refractivity contribution in [1.82, 2.24) is 19.9 Å². The average molecular weight is 473 g/mol. The van der Waals surface area contributed by atoms with Crippen molar-refractivity contribution in [2.24, 2.45) is 5.92 Å². The first-order valence-electron chi connectivity index (χ1n) is 11.6. The molecule has 32 heavy (non-hydrogen) atoms. The quantitative estimate of drug-likeness (QED) is 0.380. The summed E-state index contributed by atoms with van der Waals surface area (Å²) >= 11 is 3.59. The molecular formula is C24H32N4O2S2. The summed E-state index contributed by atoms with van der Waals surface area (Å²) in [6.07, 6.45) is 3.59. The number of nitrogens with zero attached hydrogens (tertiary/aromatic N) is 4. The lowest BCUT2D eigenvalue weighted by atomic mass is 9.88. The predicted molar refractivity (Wildman–Crippen MR) is 132 cm³/mol. The fourth-order valence-corrected chi connectivity index (χ4v) is 6.86. The highest BCUT2D eigenvalue weighted by atomic mass is 32.2. The van der Waals surface area contributed by atoms with Crippen LogP contribution < -0.4 is 0 Å². The summed E-state index contributed by atoms with van der Waals surface area (Å²) in [5, 5.41) is 2.30. The van der Waals surface area contributed by atoms with E-state index in [9.17, 15) is 0 Å². The van der Waals surface area contributed by atoms with Crippen LogP contribution in [0.5, 0.6) is 0 Å². The zero-order valence-electron chi connectivity index (χ0n) is 19.4. The van der Waals surface area contributed by atoms with Gasteiger partial charge in [-0.05, 0) is 31.7 Å². The van der Waals surface area contributed by atoms with Gasteiger partial charge in [0, 0.05) is 48.5 Å². The Balaban J connectivity index is 1.53. The Kier molecular flexibility index (Phi) is 6.42. The third kappa shape index (κ3) is 4.53. The lowest BCUT2D eigenvalue weighted by Crippen LogP contribution is -2.37. The van der Waals surface area contributed by atoms with Crippen LogP contribution in [0.1, 0.15) is 44.5 Å². The van der Waals surface area contributed by atoms with Gasteiger partial charge in [0.15, 0.2) is 0 Å². The highest BCUT2D eigenvalue weighted by Gasteiger charge is 2.31. The van der Waals surface area contributed by atoms with E-state index in [0.717, 1.165) is 66.8 Å². The Morgan fingerprint density at radius 3 is 2.78 bits per heavy atom. The minimum atomic E-state index is -0.173. The van der Waals surface area contributed by atoms with Crippen LogP contribution in [-0.2, 0) is 28.9 Å². The zero-order valence-corrected chi connectivity index (χ0v) is 21.1. The second-order valence-electron chi connectivity index (χ2n) is 9.78. The number of morpholine rings is 1. The molecule has 0 aliphatic carbocycles. The third-order valence-corrected chi connectivity index (χ3v) is 8.41. The van der Waals surface area contributed by atoms with Crippen LogP contribution in [-0.4, -0.2) is 64.1 Å². The SMILES string of the molecule is CC(C)Cc1nc2sc3c(SCCN4CCOCC4)ncnc3c2c2c1COC(C)(C)C2. The van der Waals surface area contributed by atoms with Crippen molar-refractivity contribution in [3.63, 3.8) is 0 Å². The minimum Gasteiger partial charge on any atom is -0.379 e. The first kappa shape index (κ1) is 22.5. The zero-order chi connectivity index (χ0) is 22.3. The van der Waals surface area contributed by atoms with Gasteiger partial charge in [-0.25, -0.2) is 15.0 Å². The smallest absolute Gasteiger partial charge is 0.126 e. The summed E-state index contributed by atoms with van der Waals surface area (Å²) in [5.74, 6) is 1.57.